The first kappa shape index (κ1) is 14.2. The SMILES string of the molecule is COc1ccccc1CC(C#N)c1cccc2ccccc12. The summed E-state index contributed by atoms with van der Waals surface area (Å²) in [5, 5.41) is 12.0. The van der Waals surface area contributed by atoms with E-state index in [4.69, 9.17) is 4.74 Å². The van der Waals surface area contributed by atoms with Crippen molar-refractivity contribution in [2.45, 2.75) is 12.3 Å². The number of nitriles is 1. The number of rotatable bonds is 4. The molecule has 3 rings (SSSR count). The Balaban J connectivity index is 2.02. The lowest BCUT2D eigenvalue weighted by atomic mass is 9.89. The van der Waals surface area contributed by atoms with Crippen LogP contribution in [-0.4, -0.2) is 7.11 Å². The minimum Gasteiger partial charge on any atom is -0.496 e. The van der Waals surface area contributed by atoms with E-state index in [9.17, 15) is 5.26 Å². The van der Waals surface area contributed by atoms with Gasteiger partial charge in [-0.2, -0.15) is 5.26 Å². The molecule has 0 fully saturated rings. The summed E-state index contributed by atoms with van der Waals surface area (Å²) < 4.78 is 5.40. The van der Waals surface area contributed by atoms with E-state index in [1.807, 2.05) is 48.5 Å². The van der Waals surface area contributed by atoms with Gasteiger partial charge in [0.25, 0.3) is 0 Å². The highest BCUT2D eigenvalue weighted by Crippen LogP contribution is 2.30. The van der Waals surface area contributed by atoms with Crippen molar-refractivity contribution in [3.8, 4) is 11.8 Å². The normalized spacial score (nSPS) is 11.8. The number of para-hydroxylation sites is 1. The molecular formula is C20H17NO. The monoisotopic (exact) mass is 287 g/mol. The van der Waals surface area contributed by atoms with Gasteiger partial charge >= 0.3 is 0 Å². The molecule has 0 saturated heterocycles. The lowest BCUT2D eigenvalue weighted by Gasteiger charge is -2.14. The first-order chi connectivity index (χ1) is 10.8. The molecule has 22 heavy (non-hydrogen) atoms. The van der Waals surface area contributed by atoms with Gasteiger partial charge in [0.2, 0.25) is 0 Å². The van der Waals surface area contributed by atoms with Crippen LogP contribution in [0.5, 0.6) is 5.75 Å². The van der Waals surface area contributed by atoms with Crippen LogP contribution in [0, 0.1) is 11.3 Å². The van der Waals surface area contributed by atoms with Gasteiger partial charge < -0.3 is 4.74 Å². The summed E-state index contributed by atoms with van der Waals surface area (Å²) in [4.78, 5) is 0. The molecule has 0 N–H and O–H groups in total. The van der Waals surface area contributed by atoms with Gasteiger partial charge in [-0.15, -0.1) is 0 Å². The van der Waals surface area contributed by atoms with Crippen molar-refractivity contribution in [1.29, 1.82) is 5.26 Å². The Morgan fingerprint density at radius 1 is 0.955 bits per heavy atom. The second-order valence-corrected chi connectivity index (χ2v) is 5.27. The number of hydrogen-bond acceptors (Lipinski definition) is 2. The summed E-state index contributed by atoms with van der Waals surface area (Å²) in [6.07, 6.45) is 0.647. The third-order valence-corrected chi connectivity index (χ3v) is 3.97. The second kappa shape index (κ2) is 6.32. The van der Waals surface area contributed by atoms with Crippen LogP contribution >= 0.6 is 0 Å². The Morgan fingerprint density at radius 2 is 1.68 bits per heavy atom. The molecule has 0 saturated carbocycles. The maximum absolute atomic E-state index is 9.67. The molecule has 0 aliphatic carbocycles. The highest BCUT2D eigenvalue weighted by atomic mass is 16.5. The maximum atomic E-state index is 9.67. The van der Waals surface area contributed by atoms with Crippen LogP contribution in [0.25, 0.3) is 10.8 Å². The van der Waals surface area contributed by atoms with Crippen LogP contribution in [0.1, 0.15) is 17.0 Å². The molecule has 0 aliphatic rings. The zero-order valence-corrected chi connectivity index (χ0v) is 12.5. The first-order valence-corrected chi connectivity index (χ1v) is 7.32. The van der Waals surface area contributed by atoms with Gasteiger partial charge in [0.1, 0.15) is 5.75 Å². The fourth-order valence-electron chi connectivity index (χ4n) is 2.87. The van der Waals surface area contributed by atoms with Crippen molar-refractivity contribution in [2.24, 2.45) is 0 Å². The van der Waals surface area contributed by atoms with Gasteiger partial charge in [0.15, 0.2) is 0 Å². The lowest BCUT2D eigenvalue weighted by Crippen LogP contribution is -2.03. The quantitative estimate of drug-likeness (QED) is 0.697. The number of methoxy groups -OCH3 is 1. The topological polar surface area (TPSA) is 33.0 Å². The minimum atomic E-state index is -0.192. The Bertz CT molecular complexity index is 827. The van der Waals surface area contributed by atoms with Crippen molar-refractivity contribution in [3.63, 3.8) is 0 Å². The van der Waals surface area contributed by atoms with Gasteiger partial charge in [-0.05, 0) is 34.4 Å². The molecule has 0 radical (unpaired) electrons. The zero-order chi connectivity index (χ0) is 15.4. The van der Waals surface area contributed by atoms with E-state index in [-0.39, 0.29) is 5.92 Å². The van der Waals surface area contributed by atoms with E-state index in [1.165, 1.54) is 5.39 Å². The van der Waals surface area contributed by atoms with Crippen LogP contribution < -0.4 is 4.74 Å². The van der Waals surface area contributed by atoms with E-state index < -0.39 is 0 Å². The Labute approximate surface area is 130 Å². The van der Waals surface area contributed by atoms with Gasteiger partial charge in [-0.1, -0.05) is 60.7 Å². The molecule has 0 bridgehead atoms. The number of benzene rings is 3. The summed E-state index contributed by atoms with van der Waals surface area (Å²) >= 11 is 0. The standard InChI is InChI=1S/C20H17NO/c1-22-20-12-5-3-8-16(20)13-17(14-21)19-11-6-9-15-7-2-4-10-18(15)19/h2-12,17H,13H2,1H3. The molecule has 0 heterocycles. The largest absolute Gasteiger partial charge is 0.496 e. The lowest BCUT2D eigenvalue weighted by molar-refractivity contribution is 0.409. The Kier molecular flexibility index (Phi) is 4.07. The Morgan fingerprint density at radius 3 is 2.50 bits per heavy atom. The second-order valence-electron chi connectivity index (χ2n) is 5.27. The van der Waals surface area contributed by atoms with Gasteiger partial charge in [0, 0.05) is 0 Å². The molecule has 2 nitrogen and oxygen atoms in total. The molecule has 108 valence electrons. The molecule has 3 aromatic rings. The van der Waals surface area contributed by atoms with E-state index in [0.29, 0.717) is 6.42 Å². The Hall–Kier alpha value is -2.79. The number of hydrogen-bond donors (Lipinski definition) is 0. The fraction of sp³-hybridized carbons (Fsp3) is 0.150. The maximum Gasteiger partial charge on any atom is 0.122 e. The summed E-state index contributed by atoms with van der Waals surface area (Å²) in [6, 6.07) is 24.7. The van der Waals surface area contributed by atoms with E-state index in [2.05, 4.69) is 24.3 Å². The van der Waals surface area contributed by atoms with Crippen LogP contribution in [-0.2, 0) is 6.42 Å². The predicted molar refractivity (Wildman–Crippen MR) is 89.0 cm³/mol. The third-order valence-electron chi connectivity index (χ3n) is 3.97. The molecule has 0 amide bonds. The summed E-state index contributed by atoms with van der Waals surface area (Å²) in [5.74, 6) is 0.644. The molecule has 0 spiro atoms. The van der Waals surface area contributed by atoms with Crippen LogP contribution in [0.3, 0.4) is 0 Å². The molecular weight excluding hydrogens is 270 g/mol. The molecule has 1 atom stereocenters. The first-order valence-electron chi connectivity index (χ1n) is 7.32. The number of ether oxygens (including phenoxy) is 1. The molecule has 3 aromatic carbocycles. The molecule has 1 unspecified atom stereocenters. The molecule has 0 aliphatic heterocycles. The fourth-order valence-corrected chi connectivity index (χ4v) is 2.87. The highest BCUT2D eigenvalue weighted by molar-refractivity contribution is 5.86. The van der Waals surface area contributed by atoms with Crippen molar-refractivity contribution in [3.05, 3.63) is 77.9 Å². The summed E-state index contributed by atoms with van der Waals surface area (Å²) in [7, 11) is 1.66. The van der Waals surface area contributed by atoms with Crippen LogP contribution in [0.4, 0.5) is 0 Å². The van der Waals surface area contributed by atoms with E-state index >= 15 is 0 Å². The van der Waals surface area contributed by atoms with Crippen molar-refractivity contribution >= 4 is 10.8 Å². The number of nitrogens with zero attached hydrogens (tertiary/aromatic N) is 1. The predicted octanol–water partition coefficient (Wildman–Crippen LogP) is 4.70. The van der Waals surface area contributed by atoms with Crippen molar-refractivity contribution in [2.75, 3.05) is 7.11 Å². The smallest absolute Gasteiger partial charge is 0.122 e. The third kappa shape index (κ3) is 2.66. The zero-order valence-electron chi connectivity index (χ0n) is 12.5. The van der Waals surface area contributed by atoms with Crippen molar-refractivity contribution < 1.29 is 4.74 Å². The van der Waals surface area contributed by atoms with Crippen LogP contribution in [0.2, 0.25) is 0 Å². The van der Waals surface area contributed by atoms with Gasteiger partial charge in [-0.3, -0.25) is 0 Å². The molecule has 0 aromatic heterocycles. The van der Waals surface area contributed by atoms with Crippen LogP contribution in [0.15, 0.2) is 66.7 Å². The number of fused-ring (bicyclic) bond motifs is 1. The highest BCUT2D eigenvalue weighted by Gasteiger charge is 2.16. The average molecular weight is 287 g/mol. The van der Waals surface area contributed by atoms with Gasteiger partial charge in [0.05, 0.1) is 19.1 Å². The average Bonchev–Trinajstić information content (AvgIpc) is 2.59. The summed E-state index contributed by atoms with van der Waals surface area (Å²) in [5.41, 5.74) is 2.14. The van der Waals surface area contributed by atoms with E-state index in [1.54, 1.807) is 7.11 Å². The summed E-state index contributed by atoms with van der Waals surface area (Å²) in [6.45, 7) is 0. The van der Waals surface area contributed by atoms with E-state index in [0.717, 1.165) is 22.3 Å². The van der Waals surface area contributed by atoms with Gasteiger partial charge in [-0.25, -0.2) is 0 Å². The minimum absolute atomic E-state index is 0.192. The van der Waals surface area contributed by atoms with Crippen molar-refractivity contribution in [1.82, 2.24) is 0 Å². The molecule has 2 heteroatoms.